The van der Waals surface area contributed by atoms with Gasteiger partial charge in [-0.05, 0) is 37.5 Å². The molecule has 1 saturated heterocycles. The lowest BCUT2D eigenvalue weighted by Gasteiger charge is -2.26. The number of amides is 3. The highest BCUT2D eigenvalue weighted by atomic mass is 16.5. The number of rotatable bonds is 7. The van der Waals surface area contributed by atoms with Gasteiger partial charge in [0.15, 0.2) is 0 Å². The predicted molar refractivity (Wildman–Crippen MR) is 89.2 cm³/mol. The van der Waals surface area contributed by atoms with Gasteiger partial charge in [-0.1, -0.05) is 26.0 Å². The molecule has 2 atom stereocenters. The summed E-state index contributed by atoms with van der Waals surface area (Å²) in [6.07, 6.45) is 1.35. The zero-order valence-electron chi connectivity index (χ0n) is 14.3. The number of carbonyl (C=O) groups excluding carboxylic acids is 2. The Hall–Kier alpha value is -2.55. The molecular weight excluding hydrogens is 306 g/mol. The molecule has 128 valence electrons. The molecule has 1 aliphatic rings. The molecule has 0 saturated carbocycles. The fraction of sp³-hybridized carbons (Fsp3) is 0.500. The summed E-state index contributed by atoms with van der Waals surface area (Å²) in [5, 5.41) is 11.8. The summed E-state index contributed by atoms with van der Waals surface area (Å²) < 4.78 is 5.56. The molecule has 1 heterocycles. The van der Waals surface area contributed by atoms with Crippen LogP contribution in [0.3, 0.4) is 0 Å². The first-order valence-corrected chi connectivity index (χ1v) is 8.25. The van der Waals surface area contributed by atoms with E-state index in [1.165, 1.54) is 0 Å². The predicted octanol–water partition coefficient (Wildman–Crippen LogP) is 2.79. The van der Waals surface area contributed by atoms with Gasteiger partial charge in [0.25, 0.3) is 5.91 Å². The SMILES string of the molecule is CCCOc1ccc(C2(CC)NC(=O)N(CC(C)C#N)C2=O)cc1. The molecule has 0 aromatic heterocycles. The number of hydrogen-bond donors (Lipinski definition) is 1. The summed E-state index contributed by atoms with van der Waals surface area (Å²) in [4.78, 5) is 26.3. The Morgan fingerprint density at radius 1 is 1.29 bits per heavy atom. The zero-order valence-corrected chi connectivity index (χ0v) is 14.3. The van der Waals surface area contributed by atoms with Crippen molar-refractivity contribution in [2.24, 2.45) is 5.92 Å². The van der Waals surface area contributed by atoms with Crippen LogP contribution in [0.5, 0.6) is 5.75 Å². The molecule has 2 rings (SSSR count). The number of carbonyl (C=O) groups is 2. The lowest BCUT2D eigenvalue weighted by Crippen LogP contribution is -2.43. The quantitative estimate of drug-likeness (QED) is 0.780. The van der Waals surface area contributed by atoms with Gasteiger partial charge in [0.05, 0.1) is 18.6 Å². The molecule has 1 N–H and O–H groups in total. The summed E-state index contributed by atoms with van der Waals surface area (Å²) in [6, 6.07) is 8.84. The largest absolute Gasteiger partial charge is 0.494 e. The van der Waals surface area contributed by atoms with E-state index in [9.17, 15) is 9.59 Å². The minimum absolute atomic E-state index is 0.0978. The maximum Gasteiger partial charge on any atom is 0.325 e. The average Bonchev–Trinajstić information content (AvgIpc) is 2.85. The molecule has 0 aliphatic carbocycles. The van der Waals surface area contributed by atoms with Crippen LogP contribution in [-0.2, 0) is 10.3 Å². The zero-order chi connectivity index (χ0) is 17.7. The number of nitrogens with zero attached hydrogens (tertiary/aromatic N) is 2. The fourth-order valence-electron chi connectivity index (χ4n) is 2.80. The van der Waals surface area contributed by atoms with Gasteiger partial charge in [-0.2, -0.15) is 5.26 Å². The Bertz CT molecular complexity index is 650. The second kappa shape index (κ2) is 7.35. The number of nitrogens with one attached hydrogen (secondary N) is 1. The van der Waals surface area contributed by atoms with Crippen LogP contribution in [0.1, 0.15) is 39.2 Å². The molecule has 6 nitrogen and oxygen atoms in total. The molecular formula is C18H23N3O3. The first kappa shape index (κ1) is 17.8. The standard InChI is InChI=1S/C18H23N3O3/c1-4-10-24-15-8-6-14(7-9-15)18(5-2)16(22)21(17(23)20-18)12-13(3)11-19/h6-9,13H,4-5,10,12H2,1-3H3,(H,20,23). The van der Waals surface area contributed by atoms with Crippen molar-refractivity contribution in [1.29, 1.82) is 5.26 Å². The molecule has 1 aromatic rings. The third-order valence-electron chi connectivity index (χ3n) is 4.20. The molecule has 3 amide bonds. The average molecular weight is 329 g/mol. The minimum Gasteiger partial charge on any atom is -0.494 e. The van der Waals surface area contributed by atoms with Crippen molar-refractivity contribution in [1.82, 2.24) is 10.2 Å². The highest BCUT2D eigenvalue weighted by Gasteiger charge is 2.51. The molecule has 0 bridgehead atoms. The number of nitriles is 1. The van der Waals surface area contributed by atoms with Crippen molar-refractivity contribution < 1.29 is 14.3 Å². The lowest BCUT2D eigenvalue weighted by atomic mass is 9.87. The molecule has 6 heteroatoms. The monoisotopic (exact) mass is 329 g/mol. The van der Waals surface area contributed by atoms with Crippen LogP contribution < -0.4 is 10.1 Å². The number of urea groups is 1. The Morgan fingerprint density at radius 3 is 2.50 bits per heavy atom. The molecule has 0 spiro atoms. The number of ether oxygens (including phenoxy) is 1. The van der Waals surface area contributed by atoms with E-state index in [-0.39, 0.29) is 12.5 Å². The Morgan fingerprint density at radius 2 is 1.96 bits per heavy atom. The second-order valence-electron chi connectivity index (χ2n) is 6.01. The van der Waals surface area contributed by atoms with Crippen molar-refractivity contribution in [3.63, 3.8) is 0 Å². The van der Waals surface area contributed by atoms with Crippen molar-refractivity contribution in [2.45, 2.75) is 39.2 Å². The van der Waals surface area contributed by atoms with Gasteiger partial charge in [-0.3, -0.25) is 9.69 Å². The van der Waals surface area contributed by atoms with Crippen LogP contribution in [0, 0.1) is 17.2 Å². The molecule has 2 unspecified atom stereocenters. The van der Waals surface area contributed by atoms with Crippen LogP contribution in [-0.4, -0.2) is 30.0 Å². The van der Waals surface area contributed by atoms with E-state index in [0.717, 1.165) is 22.6 Å². The van der Waals surface area contributed by atoms with E-state index in [4.69, 9.17) is 10.00 Å². The van der Waals surface area contributed by atoms with Crippen LogP contribution in [0.2, 0.25) is 0 Å². The van der Waals surface area contributed by atoms with E-state index >= 15 is 0 Å². The van der Waals surface area contributed by atoms with Gasteiger partial charge in [-0.15, -0.1) is 0 Å². The van der Waals surface area contributed by atoms with Gasteiger partial charge in [0.1, 0.15) is 11.3 Å². The first-order valence-electron chi connectivity index (χ1n) is 8.25. The van der Waals surface area contributed by atoms with Crippen LogP contribution in [0.4, 0.5) is 4.79 Å². The Kier molecular flexibility index (Phi) is 5.45. The van der Waals surface area contributed by atoms with Gasteiger partial charge >= 0.3 is 6.03 Å². The summed E-state index contributed by atoms with van der Waals surface area (Å²) in [7, 11) is 0. The van der Waals surface area contributed by atoms with E-state index in [1.807, 2.05) is 38.1 Å². The maximum absolute atomic E-state index is 12.9. The number of imide groups is 1. The third-order valence-corrected chi connectivity index (χ3v) is 4.20. The van der Waals surface area contributed by atoms with Gasteiger partial charge < -0.3 is 10.1 Å². The highest BCUT2D eigenvalue weighted by Crippen LogP contribution is 2.33. The minimum atomic E-state index is -1.07. The first-order chi connectivity index (χ1) is 11.5. The van der Waals surface area contributed by atoms with Gasteiger partial charge in [0.2, 0.25) is 0 Å². The molecule has 1 aliphatic heterocycles. The summed E-state index contributed by atoms with van der Waals surface area (Å²) in [5.41, 5.74) is -0.352. The number of benzene rings is 1. The summed E-state index contributed by atoms with van der Waals surface area (Å²) in [6.45, 7) is 6.31. The van der Waals surface area contributed by atoms with Crippen molar-refractivity contribution in [3.8, 4) is 11.8 Å². The smallest absolute Gasteiger partial charge is 0.325 e. The number of hydrogen-bond acceptors (Lipinski definition) is 4. The summed E-state index contributed by atoms with van der Waals surface area (Å²) in [5.74, 6) is 0.0232. The maximum atomic E-state index is 12.9. The molecule has 1 aromatic carbocycles. The van der Waals surface area contributed by atoms with Crippen molar-refractivity contribution in [3.05, 3.63) is 29.8 Å². The van der Waals surface area contributed by atoms with E-state index in [0.29, 0.717) is 13.0 Å². The van der Waals surface area contributed by atoms with Crippen LogP contribution in [0.15, 0.2) is 24.3 Å². The lowest BCUT2D eigenvalue weighted by molar-refractivity contribution is -0.132. The van der Waals surface area contributed by atoms with Crippen LogP contribution >= 0.6 is 0 Å². The van der Waals surface area contributed by atoms with E-state index < -0.39 is 17.5 Å². The normalized spacial score (nSPS) is 21.3. The summed E-state index contributed by atoms with van der Waals surface area (Å²) >= 11 is 0. The molecule has 0 radical (unpaired) electrons. The Labute approximate surface area is 142 Å². The highest BCUT2D eigenvalue weighted by molar-refractivity contribution is 6.07. The van der Waals surface area contributed by atoms with Gasteiger partial charge in [0, 0.05) is 6.54 Å². The molecule has 24 heavy (non-hydrogen) atoms. The van der Waals surface area contributed by atoms with Crippen molar-refractivity contribution >= 4 is 11.9 Å². The molecule has 1 fully saturated rings. The topological polar surface area (TPSA) is 82.4 Å². The van der Waals surface area contributed by atoms with Crippen LogP contribution in [0.25, 0.3) is 0 Å². The Balaban J connectivity index is 2.27. The fourth-order valence-corrected chi connectivity index (χ4v) is 2.80. The second-order valence-corrected chi connectivity index (χ2v) is 6.01. The van der Waals surface area contributed by atoms with Gasteiger partial charge in [-0.25, -0.2) is 4.79 Å². The van der Waals surface area contributed by atoms with Crippen molar-refractivity contribution in [2.75, 3.05) is 13.2 Å². The van der Waals surface area contributed by atoms with E-state index in [1.54, 1.807) is 6.92 Å². The third kappa shape index (κ3) is 3.21. The van der Waals surface area contributed by atoms with E-state index in [2.05, 4.69) is 11.4 Å².